The van der Waals surface area contributed by atoms with Crippen LogP contribution in [0.4, 0.5) is 18.3 Å². The number of fused-ring (bicyclic) bond motifs is 1. The molecule has 1 fully saturated rings. The minimum atomic E-state index is -4.88. The summed E-state index contributed by atoms with van der Waals surface area (Å²) in [5, 5.41) is 3.19. The molecule has 0 aliphatic heterocycles. The summed E-state index contributed by atoms with van der Waals surface area (Å²) >= 11 is 1.29. The van der Waals surface area contributed by atoms with Crippen molar-refractivity contribution in [3.05, 3.63) is 53.6 Å². The molecule has 176 valence electrons. The lowest BCUT2D eigenvalue weighted by atomic mass is 9.70. The SMILES string of the molecule is CC(C(=O)Nc1nc2ccccc2s1)(c1ccc(S(C)(=O)=O)c(C(F)(F)F)c1)C1CCCC1. The number of anilines is 1. The minimum Gasteiger partial charge on any atom is -0.301 e. The Morgan fingerprint density at radius 2 is 1.79 bits per heavy atom. The van der Waals surface area contributed by atoms with Gasteiger partial charge in [0.1, 0.15) is 0 Å². The van der Waals surface area contributed by atoms with Crippen molar-refractivity contribution in [2.24, 2.45) is 5.92 Å². The summed E-state index contributed by atoms with van der Waals surface area (Å²) in [7, 11) is -4.11. The molecule has 1 N–H and O–H groups in total. The van der Waals surface area contributed by atoms with E-state index in [0.717, 1.165) is 41.4 Å². The van der Waals surface area contributed by atoms with Gasteiger partial charge in [-0.25, -0.2) is 13.4 Å². The van der Waals surface area contributed by atoms with Crippen molar-refractivity contribution >= 4 is 42.4 Å². The van der Waals surface area contributed by atoms with Gasteiger partial charge in [0.05, 0.1) is 26.1 Å². The van der Waals surface area contributed by atoms with Crippen molar-refractivity contribution in [3.63, 3.8) is 0 Å². The molecule has 1 aromatic heterocycles. The number of nitrogens with one attached hydrogen (secondary N) is 1. The number of para-hydroxylation sites is 1. The molecule has 10 heteroatoms. The lowest BCUT2D eigenvalue weighted by Crippen LogP contribution is -2.43. The molecule has 33 heavy (non-hydrogen) atoms. The fourth-order valence-electron chi connectivity index (χ4n) is 4.61. The molecular formula is C23H23F3N2O3S2. The second-order valence-corrected chi connectivity index (χ2v) is 11.6. The molecule has 0 bridgehead atoms. The van der Waals surface area contributed by atoms with Crippen LogP contribution in [0.1, 0.15) is 43.7 Å². The third kappa shape index (κ3) is 4.50. The van der Waals surface area contributed by atoms with Gasteiger partial charge in [-0.05, 0) is 55.5 Å². The van der Waals surface area contributed by atoms with Gasteiger partial charge in [0.25, 0.3) is 0 Å². The highest BCUT2D eigenvalue weighted by molar-refractivity contribution is 7.90. The first-order valence-electron chi connectivity index (χ1n) is 10.5. The quantitative estimate of drug-likeness (QED) is 0.484. The second kappa shape index (κ2) is 8.39. The summed E-state index contributed by atoms with van der Waals surface area (Å²) in [4.78, 5) is 17.2. The van der Waals surface area contributed by atoms with Crippen LogP contribution < -0.4 is 5.32 Å². The van der Waals surface area contributed by atoms with Crippen LogP contribution in [-0.2, 0) is 26.2 Å². The zero-order chi connectivity index (χ0) is 24.0. The molecule has 1 atom stereocenters. The van der Waals surface area contributed by atoms with E-state index in [-0.39, 0.29) is 11.5 Å². The zero-order valence-electron chi connectivity index (χ0n) is 18.1. The predicted octanol–water partition coefficient (Wildman–Crippen LogP) is 5.81. The molecule has 0 radical (unpaired) electrons. The molecule has 5 nitrogen and oxygen atoms in total. The highest BCUT2D eigenvalue weighted by atomic mass is 32.2. The fraction of sp³-hybridized carbons (Fsp3) is 0.391. The summed E-state index contributed by atoms with van der Waals surface area (Å²) < 4.78 is 66.3. The standard InChI is InChI=1S/C23H23F3N2O3S2/c1-22(14-7-3-4-8-14,20(29)28-21-27-17-9-5-6-10-18(17)32-21)15-11-12-19(33(2,30)31)16(13-15)23(24,25)26/h5-6,9-14H,3-4,7-8H2,1-2H3,(H,27,28,29). The van der Waals surface area contributed by atoms with Crippen molar-refractivity contribution in [2.45, 2.75) is 49.1 Å². The number of carbonyl (C=O) groups excluding carboxylic acids is 1. The van der Waals surface area contributed by atoms with Crippen LogP contribution in [0, 0.1) is 5.92 Å². The molecule has 3 aromatic rings. The topological polar surface area (TPSA) is 76.1 Å². The van der Waals surface area contributed by atoms with Crippen LogP contribution in [0.3, 0.4) is 0 Å². The van der Waals surface area contributed by atoms with Gasteiger partial charge in [0, 0.05) is 6.26 Å². The largest absolute Gasteiger partial charge is 0.417 e. The van der Waals surface area contributed by atoms with E-state index in [0.29, 0.717) is 18.0 Å². The first kappa shape index (κ1) is 23.7. The number of sulfone groups is 1. The number of carbonyl (C=O) groups is 1. The first-order valence-corrected chi connectivity index (χ1v) is 13.2. The van der Waals surface area contributed by atoms with Gasteiger partial charge in [-0.1, -0.05) is 42.4 Å². The first-order chi connectivity index (χ1) is 15.4. The summed E-state index contributed by atoms with van der Waals surface area (Å²) in [6.07, 6.45) is -0.996. The number of benzene rings is 2. The zero-order valence-corrected chi connectivity index (χ0v) is 19.7. The van der Waals surface area contributed by atoms with Gasteiger partial charge in [0.2, 0.25) is 5.91 Å². The third-order valence-electron chi connectivity index (χ3n) is 6.44. The normalized spacial score (nSPS) is 17.2. The maximum absolute atomic E-state index is 13.8. The number of hydrogen-bond donors (Lipinski definition) is 1. The van der Waals surface area contributed by atoms with Crippen molar-refractivity contribution in [2.75, 3.05) is 11.6 Å². The summed E-state index contributed by atoms with van der Waals surface area (Å²) in [6, 6.07) is 10.5. The monoisotopic (exact) mass is 496 g/mol. The highest BCUT2D eigenvalue weighted by Gasteiger charge is 2.46. The molecule has 1 unspecified atom stereocenters. The Bertz CT molecular complexity index is 1280. The molecule has 0 spiro atoms. The molecule has 2 aromatic carbocycles. The molecular weight excluding hydrogens is 473 g/mol. The number of rotatable bonds is 5. The van der Waals surface area contributed by atoms with Crippen molar-refractivity contribution in [1.82, 2.24) is 4.98 Å². The predicted molar refractivity (Wildman–Crippen MR) is 122 cm³/mol. The van der Waals surface area contributed by atoms with Crippen molar-refractivity contribution in [3.8, 4) is 0 Å². The summed E-state index contributed by atoms with van der Waals surface area (Å²) in [5.74, 6) is -0.634. The number of hydrogen-bond acceptors (Lipinski definition) is 5. The molecule has 4 rings (SSSR count). The van der Waals surface area contributed by atoms with Crippen LogP contribution in [0.25, 0.3) is 10.2 Å². The molecule has 1 amide bonds. The van der Waals surface area contributed by atoms with Crippen LogP contribution in [0.15, 0.2) is 47.4 Å². The molecule has 1 aliphatic rings. The van der Waals surface area contributed by atoms with E-state index >= 15 is 0 Å². The highest BCUT2D eigenvalue weighted by Crippen LogP contribution is 2.45. The maximum atomic E-state index is 13.8. The van der Waals surface area contributed by atoms with E-state index in [2.05, 4.69) is 10.3 Å². The second-order valence-electron chi connectivity index (χ2n) is 8.61. The lowest BCUT2D eigenvalue weighted by Gasteiger charge is -2.35. The van der Waals surface area contributed by atoms with Gasteiger partial charge in [-0.3, -0.25) is 4.79 Å². The molecule has 1 heterocycles. The van der Waals surface area contributed by atoms with Gasteiger partial charge in [-0.15, -0.1) is 0 Å². The Labute approximate surface area is 194 Å². The minimum absolute atomic E-state index is 0.146. The number of halogens is 3. The third-order valence-corrected chi connectivity index (χ3v) is 8.55. The number of aromatic nitrogens is 1. The van der Waals surface area contributed by atoms with Crippen LogP contribution >= 0.6 is 11.3 Å². The Kier molecular flexibility index (Phi) is 6.03. The summed E-state index contributed by atoms with van der Waals surface area (Å²) in [6.45, 7) is 1.64. The van der Waals surface area contributed by atoms with Gasteiger partial charge < -0.3 is 5.32 Å². The Morgan fingerprint density at radius 3 is 2.39 bits per heavy atom. The number of alkyl halides is 3. The van der Waals surface area contributed by atoms with Gasteiger partial charge in [-0.2, -0.15) is 13.2 Å². The average molecular weight is 497 g/mol. The van der Waals surface area contributed by atoms with Gasteiger partial charge in [0.15, 0.2) is 15.0 Å². The van der Waals surface area contributed by atoms with E-state index in [9.17, 15) is 26.4 Å². The average Bonchev–Trinajstić information content (AvgIpc) is 3.41. The molecule has 1 aliphatic carbocycles. The van der Waals surface area contributed by atoms with E-state index in [1.165, 1.54) is 17.4 Å². The number of amides is 1. The Morgan fingerprint density at radius 1 is 1.12 bits per heavy atom. The molecule has 0 saturated heterocycles. The summed E-state index contributed by atoms with van der Waals surface area (Å²) in [5.41, 5.74) is -1.67. The van der Waals surface area contributed by atoms with Crippen LogP contribution in [0.2, 0.25) is 0 Å². The molecule has 1 saturated carbocycles. The number of nitrogens with zero attached hydrogens (tertiary/aromatic N) is 1. The van der Waals surface area contributed by atoms with E-state index < -0.39 is 37.8 Å². The van der Waals surface area contributed by atoms with Crippen molar-refractivity contribution in [1.29, 1.82) is 0 Å². The van der Waals surface area contributed by atoms with E-state index in [1.54, 1.807) is 6.92 Å². The maximum Gasteiger partial charge on any atom is 0.417 e. The fourth-order valence-corrected chi connectivity index (χ4v) is 6.36. The van der Waals surface area contributed by atoms with Crippen molar-refractivity contribution < 1.29 is 26.4 Å². The Balaban J connectivity index is 1.80. The number of thiazole rings is 1. The van der Waals surface area contributed by atoms with E-state index in [1.807, 2.05) is 24.3 Å². The van der Waals surface area contributed by atoms with Crippen LogP contribution in [0.5, 0.6) is 0 Å². The smallest absolute Gasteiger partial charge is 0.301 e. The Hall–Kier alpha value is -2.46. The van der Waals surface area contributed by atoms with Gasteiger partial charge >= 0.3 is 6.18 Å². The van der Waals surface area contributed by atoms with Crippen LogP contribution in [-0.4, -0.2) is 25.6 Å². The van der Waals surface area contributed by atoms with E-state index in [4.69, 9.17) is 0 Å². The lowest BCUT2D eigenvalue weighted by molar-refractivity contribution is -0.140.